The van der Waals surface area contributed by atoms with Gasteiger partial charge in [-0.2, -0.15) is 0 Å². The van der Waals surface area contributed by atoms with Crippen LogP contribution in [0.5, 0.6) is 0 Å². The molecule has 0 bridgehead atoms. The third kappa shape index (κ3) is 5.43. The van der Waals surface area contributed by atoms with Crippen LogP contribution in [0.3, 0.4) is 0 Å². The van der Waals surface area contributed by atoms with Crippen LogP contribution in [0.15, 0.2) is 28.0 Å². The molecule has 6 nitrogen and oxygen atoms in total. The van der Waals surface area contributed by atoms with Crippen LogP contribution in [0.2, 0.25) is 0 Å². The number of piperidine rings is 1. The summed E-state index contributed by atoms with van der Waals surface area (Å²) in [5.41, 5.74) is 0.451. The van der Waals surface area contributed by atoms with E-state index in [9.17, 15) is 16.8 Å². The number of hydrogen-bond donors (Lipinski definition) is 1. The van der Waals surface area contributed by atoms with Gasteiger partial charge in [0.05, 0.1) is 15.5 Å². The first-order valence-corrected chi connectivity index (χ1v) is 12.3. The topological polar surface area (TPSA) is 83.6 Å². The van der Waals surface area contributed by atoms with E-state index in [0.29, 0.717) is 12.2 Å². The second-order valence-corrected chi connectivity index (χ2v) is 11.2. The molecule has 1 heterocycles. The van der Waals surface area contributed by atoms with E-state index in [4.69, 9.17) is 0 Å². The SMILES string of the molecule is CC1CCN(C(C)CNc2ccc(S(C)(=O)=O)cc2S(C)(=O)=O)CC1. The van der Waals surface area contributed by atoms with Gasteiger partial charge in [0.25, 0.3) is 0 Å². The summed E-state index contributed by atoms with van der Waals surface area (Å²) in [6.45, 7) is 7.09. The lowest BCUT2D eigenvalue weighted by Gasteiger charge is -2.35. The van der Waals surface area contributed by atoms with Gasteiger partial charge in [0.15, 0.2) is 19.7 Å². The molecule has 1 fully saturated rings. The maximum Gasteiger partial charge on any atom is 0.177 e. The van der Waals surface area contributed by atoms with Crippen LogP contribution in [0.1, 0.15) is 26.7 Å². The molecule has 1 unspecified atom stereocenters. The molecular formula is C17H28N2O4S2. The molecule has 2 rings (SSSR count). The summed E-state index contributed by atoms with van der Waals surface area (Å²) in [5, 5.41) is 3.19. The van der Waals surface area contributed by atoms with E-state index in [2.05, 4.69) is 24.1 Å². The molecule has 0 amide bonds. The van der Waals surface area contributed by atoms with E-state index < -0.39 is 19.7 Å². The molecule has 1 aromatic rings. The summed E-state index contributed by atoms with van der Waals surface area (Å²) in [6.07, 6.45) is 4.53. The van der Waals surface area contributed by atoms with Gasteiger partial charge in [-0.05, 0) is 57.0 Å². The van der Waals surface area contributed by atoms with Gasteiger partial charge in [-0.1, -0.05) is 6.92 Å². The molecule has 8 heteroatoms. The van der Waals surface area contributed by atoms with Crippen LogP contribution in [0.25, 0.3) is 0 Å². The van der Waals surface area contributed by atoms with E-state index in [-0.39, 0.29) is 15.8 Å². The number of nitrogens with one attached hydrogen (secondary N) is 1. The second kappa shape index (κ2) is 7.63. The van der Waals surface area contributed by atoms with E-state index in [0.717, 1.165) is 31.5 Å². The van der Waals surface area contributed by atoms with Crippen molar-refractivity contribution in [3.8, 4) is 0 Å². The van der Waals surface area contributed by atoms with Crippen LogP contribution in [-0.2, 0) is 19.7 Å². The zero-order chi connectivity index (χ0) is 18.8. The zero-order valence-electron chi connectivity index (χ0n) is 15.3. The summed E-state index contributed by atoms with van der Waals surface area (Å²) in [7, 11) is -6.99. The molecule has 1 N–H and O–H groups in total. The molecule has 1 aromatic carbocycles. The highest BCUT2D eigenvalue weighted by molar-refractivity contribution is 7.91. The average Bonchev–Trinajstić information content (AvgIpc) is 2.51. The minimum atomic E-state index is -3.54. The molecule has 1 aliphatic rings. The van der Waals surface area contributed by atoms with Gasteiger partial charge in [0.1, 0.15) is 0 Å². The first kappa shape index (κ1) is 20.2. The van der Waals surface area contributed by atoms with Crippen LogP contribution in [0.4, 0.5) is 5.69 Å². The predicted octanol–water partition coefficient (Wildman–Crippen LogP) is 2.03. The number of nitrogens with zero attached hydrogens (tertiary/aromatic N) is 1. The molecule has 25 heavy (non-hydrogen) atoms. The van der Waals surface area contributed by atoms with Gasteiger partial charge < -0.3 is 5.32 Å². The Morgan fingerprint density at radius 3 is 2.24 bits per heavy atom. The lowest BCUT2D eigenvalue weighted by Crippen LogP contribution is -2.42. The van der Waals surface area contributed by atoms with Gasteiger partial charge in [0.2, 0.25) is 0 Å². The van der Waals surface area contributed by atoms with Crippen molar-refractivity contribution < 1.29 is 16.8 Å². The van der Waals surface area contributed by atoms with E-state index >= 15 is 0 Å². The minimum Gasteiger partial charge on any atom is -0.382 e. The average molecular weight is 389 g/mol. The van der Waals surface area contributed by atoms with Crippen molar-refractivity contribution in [2.24, 2.45) is 5.92 Å². The van der Waals surface area contributed by atoms with Crippen molar-refractivity contribution in [2.45, 2.75) is 42.5 Å². The smallest absolute Gasteiger partial charge is 0.177 e. The third-order valence-electron chi connectivity index (χ3n) is 4.81. The van der Waals surface area contributed by atoms with Crippen molar-refractivity contribution in [3.63, 3.8) is 0 Å². The summed E-state index contributed by atoms with van der Waals surface area (Å²) in [6, 6.07) is 4.49. The molecule has 1 saturated heterocycles. The Hall–Kier alpha value is -1.12. The number of anilines is 1. The Morgan fingerprint density at radius 1 is 1.12 bits per heavy atom. The van der Waals surface area contributed by atoms with Crippen molar-refractivity contribution in [2.75, 3.05) is 37.5 Å². The van der Waals surface area contributed by atoms with Gasteiger partial charge in [-0.15, -0.1) is 0 Å². The largest absolute Gasteiger partial charge is 0.382 e. The molecular weight excluding hydrogens is 360 g/mol. The number of sulfone groups is 2. The fourth-order valence-corrected chi connectivity index (χ4v) is 4.64. The normalized spacial score (nSPS) is 18.9. The number of rotatable bonds is 6. The monoisotopic (exact) mass is 388 g/mol. The van der Waals surface area contributed by atoms with E-state index in [1.54, 1.807) is 0 Å². The van der Waals surface area contributed by atoms with Gasteiger partial charge in [-0.25, -0.2) is 16.8 Å². The highest BCUT2D eigenvalue weighted by Gasteiger charge is 2.22. The molecule has 142 valence electrons. The maximum absolute atomic E-state index is 12.1. The molecule has 0 saturated carbocycles. The van der Waals surface area contributed by atoms with E-state index in [1.807, 2.05) is 0 Å². The lowest BCUT2D eigenvalue weighted by atomic mass is 9.98. The first-order chi connectivity index (χ1) is 11.5. The summed E-state index contributed by atoms with van der Waals surface area (Å²) >= 11 is 0. The summed E-state index contributed by atoms with van der Waals surface area (Å²) in [5.74, 6) is 0.761. The first-order valence-electron chi connectivity index (χ1n) is 8.50. The Labute approximate surface area is 151 Å². The van der Waals surface area contributed by atoms with Crippen molar-refractivity contribution >= 4 is 25.4 Å². The summed E-state index contributed by atoms with van der Waals surface area (Å²) < 4.78 is 47.5. The Balaban J connectivity index is 2.16. The highest BCUT2D eigenvalue weighted by Crippen LogP contribution is 2.25. The van der Waals surface area contributed by atoms with Gasteiger partial charge >= 0.3 is 0 Å². The quantitative estimate of drug-likeness (QED) is 0.803. The predicted molar refractivity (Wildman–Crippen MR) is 101 cm³/mol. The van der Waals surface area contributed by atoms with Crippen LogP contribution < -0.4 is 5.32 Å². The fourth-order valence-electron chi connectivity index (χ4n) is 3.04. The molecule has 0 aromatic heterocycles. The van der Waals surface area contributed by atoms with Crippen molar-refractivity contribution in [1.82, 2.24) is 4.90 Å². The van der Waals surface area contributed by atoms with Crippen LogP contribution in [0, 0.1) is 5.92 Å². The van der Waals surface area contributed by atoms with Crippen LogP contribution in [-0.4, -0.2) is 59.9 Å². The van der Waals surface area contributed by atoms with Crippen LogP contribution >= 0.6 is 0 Å². The fraction of sp³-hybridized carbons (Fsp3) is 0.647. The molecule has 1 aliphatic heterocycles. The maximum atomic E-state index is 12.1. The van der Waals surface area contributed by atoms with Crippen molar-refractivity contribution in [1.29, 1.82) is 0 Å². The number of hydrogen-bond acceptors (Lipinski definition) is 6. The van der Waals surface area contributed by atoms with Crippen molar-refractivity contribution in [3.05, 3.63) is 18.2 Å². The molecule has 1 atom stereocenters. The van der Waals surface area contributed by atoms with Gasteiger partial charge in [0, 0.05) is 25.1 Å². The number of likely N-dealkylation sites (tertiary alicyclic amines) is 1. The lowest BCUT2D eigenvalue weighted by molar-refractivity contribution is 0.152. The Kier molecular flexibility index (Phi) is 6.17. The minimum absolute atomic E-state index is 0.0107. The Bertz CT molecular complexity index is 811. The molecule has 0 aliphatic carbocycles. The molecule has 0 radical (unpaired) electrons. The summed E-state index contributed by atoms with van der Waals surface area (Å²) in [4.78, 5) is 2.43. The standard InChI is InChI=1S/C17H28N2O4S2/c1-13-7-9-19(10-8-13)14(2)12-18-16-6-5-15(24(3,20)21)11-17(16)25(4,22)23/h5-6,11,13-14,18H,7-10,12H2,1-4H3. The Morgan fingerprint density at radius 2 is 1.72 bits per heavy atom. The molecule has 0 spiro atoms. The number of benzene rings is 1. The second-order valence-electron chi connectivity index (χ2n) is 7.15. The third-order valence-corrected chi connectivity index (χ3v) is 7.06. The van der Waals surface area contributed by atoms with Gasteiger partial charge in [-0.3, -0.25) is 4.90 Å². The zero-order valence-corrected chi connectivity index (χ0v) is 17.0. The highest BCUT2D eigenvalue weighted by atomic mass is 32.2. The van der Waals surface area contributed by atoms with E-state index in [1.165, 1.54) is 31.0 Å².